The zero-order valence-corrected chi connectivity index (χ0v) is 15.6. The highest BCUT2D eigenvalue weighted by Crippen LogP contribution is 2.19. The van der Waals surface area contributed by atoms with Crippen molar-refractivity contribution >= 4 is 17.6 Å². The van der Waals surface area contributed by atoms with Crippen molar-refractivity contribution in [3.8, 4) is 0 Å². The smallest absolute Gasteiger partial charge is 0.407 e. The van der Waals surface area contributed by atoms with Crippen molar-refractivity contribution in [2.45, 2.75) is 26.5 Å². The minimum atomic E-state index is -0.606. The Kier molecular flexibility index (Phi) is 4.92. The van der Waals surface area contributed by atoms with E-state index in [9.17, 15) is 9.59 Å². The first-order chi connectivity index (χ1) is 13.6. The van der Waals surface area contributed by atoms with Gasteiger partial charge in [0.2, 0.25) is 5.91 Å². The third-order valence-electron chi connectivity index (χ3n) is 4.72. The molecule has 3 aromatic rings. The first-order valence-electron chi connectivity index (χ1n) is 9.15. The molecule has 0 saturated heterocycles. The van der Waals surface area contributed by atoms with Crippen molar-refractivity contribution < 1.29 is 14.3 Å². The summed E-state index contributed by atoms with van der Waals surface area (Å²) in [7, 11) is 0. The molecule has 28 heavy (non-hydrogen) atoms. The average molecular weight is 379 g/mol. The summed E-state index contributed by atoms with van der Waals surface area (Å²) >= 11 is 0. The largest absolute Gasteiger partial charge is 0.445 e. The van der Waals surface area contributed by atoms with E-state index in [1.54, 1.807) is 11.1 Å². The van der Waals surface area contributed by atoms with Crippen LogP contribution in [0.25, 0.3) is 5.65 Å². The maximum atomic E-state index is 12.5. The summed E-state index contributed by atoms with van der Waals surface area (Å²) in [6.07, 6.45) is 1.89. The summed E-state index contributed by atoms with van der Waals surface area (Å²) in [5.74, 6) is -0.154. The third kappa shape index (κ3) is 3.80. The molecule has 3 heterocycles. The maximum Gasteiger partial charge on any atom is 0.407 e. The molecule has 8 nitrogen and oxygen atoms in total. The van der Waals surface area contributed by atoms with Gasteiger partial charge in [-0.1, -0.05) is 30.3 Å². The number of hydrogen-bond donors (Lipinski definition) is 1. The van der Waals surface area contributed by atoms with Gasteiger partial charge in [0.05, 0.1) is 11.4 Å². The minimum absolute atomic E-state index is 0.0977. The number of carbonyl (C=O) groups excluding carboxylic acids is 2. The zero-order valence-electron chi connectivity index (χ0n) is 15.6. The Morgan fingerprint density at radius 2 is 2.07 bits per heavy atom. The van der Waals surface area contributed by atoms with Crippen LogP contribution in [0.1, 0.15) is 22.5 Å². The van der Waals surface area contributed by atoms with Crippen LogP contribution in [0, 0.1) is 6.92 Å². The first-order valence-corrected chi connectivity index (χ1v) is 9.15. The van der Waals surface area contributed by atoms with Crippen molar-refractivity contribution in [2.24, 2.45) is 0 Å². The number of alkyl carbamates (subject to hydrolysis) is 1. The Balaban J connectivity index is 1.31. The molecule has 0 radical (unpaired) electrons. The topological polar surface area (TPSA) is 88.8 Å². The van der Waals surface area contributed by atoms with E-state index < -0.39 is 6.09 Å². The van der Waals surface area contributed by atoms with E-state index in [2.05, 4.69) is 15.4 Å². The Morgan fingerprint density at radius 1 is 1.25 bits per heavy atom. The number of nitrogens with zero attached hydrogens (tertiary/aromatic N) is 4. The predicted molar refractivity (Wildman–Crippen MR) is 101 cm³/mol. The van der Waals surface area contributed by atoms with E-state index in [-0.39, 0.29) is 19.1 Å². The number of fused-ring (bicyclic) bond motifs is 3. The first kappa shape index (κ1) is 18.0. The molecule has 0 aliphatic carbocycles. The van der Waals surface area contributed by atoms with Crippen LogP contribution in [0.15, 0.2) is 42.6 Å². The fourth-order valence-electron chi connectivity index (χ4n) is 3.30. The van der Waals surface area contributed by atoms with Gasteiger partial charge in [-0.2, -0.15) is 5.10 Å². The normalized spacial score (nSPS) is 13.2. The number of benzene rings is 1. The molecule has 8 heteroatoms. The van der Waals surface area contributed by atoms with E-state index in [1.807, 2.05) is 47.8 Å². The molecule has 0 bridgehead atoms. The molecule has 0 spiro atoms. The number of ether oxygens (including phenoxy) is 1. The van der Waals surface area contributed by atoms with Gasteiger partial charge in [0.1, 0.15) is 13.2 Å². The van der Waals surface area contributed by atoms with Crippen LogP contribution in [-0.2, 0) is 29.1 Å². The Labute approximate surface area is 162 Å². The lowest BCUT2D eigenvalue weighted by atomic mass is 10.1. The third-order valence-corrected chi connectivity index (χ3v) is 4.72. The predicted octanol–water partition coefficient (Wildman–Crippen LogP) is 1.85. The number of aromatic nitrogens is 3. The van der Waals surface area contributed by atoms with Gasteiger partial charge >= 0.3 is 6.09 Å². The molecular weight excluding hydrogens is 358 g/mol. The lowest BCUT2D eigenvalue weighted by Gasteiger charge is -2.28. The number of hydrogen-bond acceptors (Lipinski definition) is 5. The standard InChI is InChI=1S/C20H21N5O3/c1-14-9-18-21-10-16-12-24(8-7-17(16)25(18)23-14)19(26)11-22-20(27)28-13-15-5-3-2-4-6-15/h2-6,9-10H,7-8,11-13H2,1H3,(H,22,27). The van der Waals surface area contributed by atoms with Gasteiger partial charge in [0, 0.05) is 37.3 Å². The SMILES string of the molecule is Cc1cc2ncc3c(n2n1)CCN(C(=O)CNC(=O)OCc1ccccc1)C3. The number of carbonyl (C=O) groups is 2. The minimum Gasteiger partial charge on any atom is -0.445 e. The van der Waals surface area contributed by atoms with Crippen molar-refractivity contribution in [3.63, 3.8) is 0 Å². The van der Waals surface area contributed by atoms with E-state index in [1.165, 1.54) is 0 Å². The van der Waals surface area contributed by atoms with Crippen LogP contribution in [0.2, 0.25) is 0 Å². The van der Waals surface area contributed by atoms with Crippen molar-refractivity contribution in [3.05, 3.63) is 65.1 Å². The molecular formula is C20H21N5O3. The Hall–Kier alpha value is -3.42. The second-order valence-electron chi connectivity index (χ2n) is 6.77. The quantitative estimate of drug-likeness (QED) is 0.747. The molecule has 1 aliphatic rings. The van der Waals surface area contributed by atoms with Gasteiger partial charge < -0.3 is 15.0 Å². The van der Waals surface area contributed by atoms with Crippen molar-refractivity contribution in [1.29, 1.82) is 0 Å². The highest BCUT2D eigenvalue weighted by atomic mass is 16.5. The molecule has 0 atom stereocenters. The highest BCUT2D eigenvalue weighted by molar-refractivity contribution is 5.82. The summed E-state index contributed by atoms with van der Waals surface area (Å²) in [6.45, 7) is 3.03. The summed E-state index contributed by atoms with van der Waals surface area (Å²) in [6, 6.07) is 11.3. The molecule has 0 saturated carbocycles. The van der Waals surface area contributed by atoms with Crippen LogP contribution >= 0.6 is 0 Å². The van der Waals surface area contributed by atoms with Gasteiger partial charge in [-0.15, -0.1) is 0 Å². The molecule has 1 N–H and O–H groups in total. The lowest BCUT2D eigenvalue weighted by molar-refractivity contribution is -0.131. The molecule has 4 rings (SSSR count). The van der Waals surface area contributed by atoms with Gasteiger partial charge in [-0.25, -0.2) is 14.3 Å². The molecule has 2 amide bonds. The van der Waals surface area contributed by atoms with Crippen LogP contribution in [0.3, 0.4) is 0 Å². The van der Waals surface area contributed by atoms with Crippen LogP contribution in [0.4, 0.5) is 4.79 Å². The molecule has 1 aromatic carbocycles. The summed E-state index contributed by atoms with van der Waals surface area (Å²) in [5.41, 5.74) is 4.68. The number of rotatable bonds is 4. The summed E-state index contributed by atoms with van der Waals surface area (Å²) < 4.78 is 6.98. The summed E-state index contributed by atoms with van der Waals surface area (Å²) in [5, 5.41) is 7.00. The molecule has 144 valence electrons. The average Bonchev–Trinajstić information content (AvgIpc) is 3.11. The maximum absolute atomic E-state index is 12.5. The van der Waals surface area contributed by atoms with Crippen molar-refractivity contribution in [1.82, 2.24) is 24.8 Å². The highest BCUT2D eigenvalue weighted by Gasteiger charge is 2.23. The van der Waals surface area contributed by atoms with Gasteiger partial charge in [0.15, 0.2) is 5.65 Å². The van der Waals surface area contributed by atoms with E-state index in [0.29, 0.717) is 19.5 Å². The zero-order chi connectivity index (χ0) is 19.5. The van der Waals surface area contributed by atoms with E-state index >= 15 is 0 Å². The lowest BCUT2D eigenvalue weighted by Crippen LogP contribution is -2.43. The number of amides is 2. The Bertz CT molecular complexity index is 1020. The van der Waals surface area contributed by atoms with Gasteiger partial charge in [0.25, 0.3) is 0 Å². The van der Waals surface area contributed by atoms with Crippen LogP contribution in [-0.4, -0.2) is 44.6 Å². The van der Waals surface area contributed by atoms with Crippen LogP contribution in [0.5, 0.6) is 0 Å². The van der Waals surface area contributed by atoms with E-state index in [4.69, 9.17) is 4.74 Å². The van der Waals surface area contributed by atoms with Gasteiger partial charge in [-0.05, 0) is 12.5 Å². The fourth-order valence-corrected chi connectivity index (χ4v) is 3.30. The second-order valence-corrected chi connectivity index (χ2v) is 6.77. The Morgan fingerprint density at radius 3 is 2.89 bits per heavy atom. The fraction of sp³-hybridized carbons (Fsp3) is 0.300. The molecule has 1 aliphatic heterocycles. The monoisotopic (exact) mass is 379 g/mol. The van der Waals surface area contributed by atoms with Crippen LogP contribution < -0.4 is 5.32 Å². The number of nitrogens with one attached hydrogen (secondary N) is 1. The van der Waals surface area contributed by atoms with E-state index in [0.717, 1.165) is 28.2 Å². The second kappa shape index (κ2) is 7.67. The summed E-state index contributed by atoms with van der Waals surface area (Å²) in [4.78, 5) is 30.4. The number of aryl methyl sites for hydroxylation is 1. The molecule has 0 fully saturated rings. The molecule has 2 aromatic heterocycles. The van der Waals surface area contributed by atoms with Crippen molar-refractivity contribution in [2.75, 3.05) is 13.1 Å². The van der Waals surface area contributed by atoms with Gasteiger partial charge in [-0.3, -0.25) is 4.79 Å². The molecule has 0 unspecified atom stereocenters.